The molecule has 1 aromatic carbocycles. The fourth-order valence-corrected chi connectivity index (χ4v) is 3.72. The third-order valence-corrected chi connectivity index (χ3v) is 5.50. The number of aromatic nitrogens is 4. The molecule has 0 unspecified atom stereocenters. The molecule has 0 amide bonds. The lowest BCUT2D eigenvalue weighted by atomic mass is 10.2. The van der Waals surface area contributed by atoms with Gasteiger partial charge in [-0.1, -0.05) is 0 Å². The van der Waals surface area contributed by atoms with E-state index in [1.807, 2.05) is 24.3 Å². The highest BCUT2D eigenvalue weighted by molar-refractivity contribution is 5.81. The monoisotopic (exact) mass is 362 g/mol. The molecule has 1 saturated carbocycles. The average Bonchev–Trinajstić information content (AvgIpc) is 3.55. The third-order valence-electron chi connectivity index (χ3n) is 5.50. The summed E-state index contributed by atoms with van der Waals surface area (Å²) in [6.45, 7) is 4.44. The number of benzene rings is 1. The Morgan fingerprint density at radius 1 is 1.00 bits per heavy atom. The summed E-state index contributed by atoms with van der Waals surface area (Å²) >= 11 is 0. The summed E-state index contributed by atoms with van der Waals surface area (Å²) in [6.07, 6.45) is 7.53. The van der Waals surface area contributed by atoms with Crippen LogP contribution in [0, 0.1) is 5.92 Å². The second-order valence-corrected chi connectivity index (χ2v) is 7.39. The van der Waals surface area contributed by atoms with Crippen molar-refractivity contribution in [2.75, 3.05) is 36.0 Å². The Morgan fingerprint density at radius 2 is 1.81 bits per heavy atom. The Kier molecular flexibility index (Phi) is 3.99. The van der Waals surface area contributed by atoms with Crippen molar-refractivity contribution < 1.29 is 0 Å². The molecule has 0 bridgehead atoms. The first kappa shape index (κ1) is 16.2. The van der Waals surface area contributed by atoms with Gasteiger partial charge in [0.2, 0.25) is 0 Å². The van der Waals surface area contributed by atoms with Crippen molar-refractivity contribution in [2.24, 2.45) is 5.92 Å². The van der Waals surface area contributed by atoms with Gasteiger partial charge in [-0.05, 0) is 43.0 Å². The molecule has 2 aliphatic rings. The first-order chi connectivity index (χ1) is 13.3. The fraction of sp³-hybridized carbons (Fsp3) is 0.400. The number of piperazine rings is 1. The SMILES string of the molecule is O=c1c2ccc(N3CCN(c4ccncn4)CC3)cc2ncn1CC1CC1. The van der Waals surface area contributed by atoms with Gasteiger partial charge in [0.15, 0.2) is 0 Å². The lowest BCUT2D eigenvalue weighted by molar-refractivity contribution is 0.602. The molecule has 3 aromatic rings. The summed E-state index contributed by atoms with van der Waals surface area (Å²) in [7, 11) is 0. The number of nitrogens with zero attached hydrogens (tertiary/aromatic N) is 6. The first-order valence-corrected chi connectivity index (χ1v) is 9.53. The molecule has 1 aliphatic heterocycles. The van der Waals surface area contributed by atoms with E-state index in [1.54, 1.807) is 23.4 Å². The fourth-order valence-electron chi connectivity index (χ4n) is 3.72. The molecule has 0 atom stereocenters. The van der Waals surface area contributed by atoms with Gasteiger partial charge < -0.3 is 9.80 Å². The maximum absolute atomic E-state index is 12.7. The van der Waals surface area contributed by atoms with Crippen LogP contribution in [-0.4, -0.2) is 45.7 Å². The predicted molar refractivity (Wildman–Crippen MR) is 105 cm³/mol. The number of fused-ring (bicyclic) bond motifs is 1. The Labute approximate surface area is 157 Å². The normalized spacial score (nSPS) is 17.5. The molecule has 0 spiro atoms. The lowest BCUT2D eigenvalue weighted by Crippen LogP contribution is -2.46. The van der Waals surface area contributed by atoms with Crippen molar-refractivity contribution >= 4 is 22.4 Å². The summed E-state index contributed by atoms with van der Waals surface area (Å²) in [6, 6.07) is 7.97. The van der Waals surface area contributed by atoms with E-state index in [1.165, 1.54) is 12.8 Å². The summed E-state index contributed by atoms with van der Waals surface area (Å²) < 4.78 is 1.76. The van der Waals surface area contributed by atoms with Gasteiger partial charge in [-0.25, -0.2) is 15.0 Å². The summed E-state index contributed by atoms with van der Waals surface area (Å²) in [5.41, 5.74) is 1.98. The van der Waals surface area contributed by atoms with E-state index in [0.29, 0.717) is 11.3 Å². The molecule has 7 nitrogen and oxygen atoms in total. The molecule has 3 heterocycles. The molecule has 2 aromatic heterocycles. The second kappa shape index (κ2) is 6.64. The number of rotatable bonds is 4. The molecule has 5 rings (SSSR count). The average molecular weight is 362 g/mol. The smallest absolute Gasteiger partial charge is 0.261 e. The molecule has 27 heavy (non-hydrogen) atoms. The lowest BCUT2D eigenvalue weighted by Gasteiger charge is -2.36. The van der Waals surface area contributed by atoms with Crippen LogP contribution in [0.5, 0.6) is 0 Å². The second-order valence-electron chi connectivity index (χ2n) is 7.39. The third kappa shape index (κ3) is 3.25. The first-order valence-electron chi connectivity index (χ1n) is 9.53. The van der Waals surface area contributed by atoms with Crippen molar-refractivity contribution in [3.05, 3.63) is 53.5 Å². The van der Waals surface area contributed by atoms with Crippen molar-refractivity contribution in [2.45, 2.75) is 19.4 Å². The molecule has 138 valence electrons. The van der Waals surface area contributed by atoms with Crippen molar-refractivity contribution in [3.8, 4) is 0 Å². The van der Waals surface area contributed by atoms with E-state index in [-0.39, 0.29) is 5.56 Å². The van der Waals surface area contributed by atoms with Crippen LogP contribution in [0.3, 0.4) is 0 Å². The largest absolute Gasteiger partial charge is 0.368 e. The molecule has 1 saturated heterocycles. The summed E-state index contributed by atoms with van der Waals surface area (Å²) in [5, 5.41) is 0.710. The van der Waals surface area contributed by atoms with Crippen LogP contribution in [0.25, 0.3) is 10.9 Å². The molecular formula is C20H22N6O. The van der Waals surface area contributed by atoms with Crippen LogP contribution in [0.1, 0.15) is 12.8 Å². The highest BCUT2D eigenvalue weighted by Gasteiger charge is 2.23. The van der Waals surface area contributed by atoms with Crippen molar-refractivity contribution in [1.29, 1.82) is 0 Å². The topological polar surface area (TPSA) is 67.2 Å². The molecular weight excluding hydrogens is 340 g/mol. The Hall–Kier alpha value is -2.96. The summed E-state index contributed by atoms with van der Waals surface area (Å²) in [5.74, 6) is 1.63. The van der Waals surface area contributed by atoms with Crippen LogP contribution < -0.4 is 15.4 Å². The standard InChI is InChI=1S/C20H22N6O/c27-20-17-4-3-16(11-18(17)23-14-26(20)12-15-1-2-15)24-7-9-25(10-8-24)19-5-6-21-13-22-19/h3-6,11,13-15H,1-2,7-10,12H2. The highest BCUT2D eigenvalue weighted by Crippen LogP contribution is 2.30. The van der Waals surface area contributed by atoms with Crippen LogP contribution in [0.2, 0.25) is 0 Å². The van der Waals surface area contributed by atoms with Gasteiger partial charge in [0.05, 0.1) is 17.2 Å². The predicted octanol–water partition coefficient (Wildman–Crippen LogP) is 1.92. The van der Waals surface area contributed by atoms with E-state index >= 15 is 0 Å². The van der Waals surface area contributed by atoms with Gasteiger partial charge in [-0.15, -0.1) is 0 Å². The van der Waals surface area contributed by atoms with Gasteiger partial charge in [0, 0.05) is 44.6 Å². The molecule has 0 N–H and O–H groups in total. The van der Waals surface area contributed by atoms with Crippen LogP contribution in [-0.2, 0) is 6.54 Å². The number of anilines is 2. The van der Waals surface area contributed by atoms with Gasteiger partial charge in [0.25, 0.3) is 5.56 Å². The summed E-state index contributed by atoms with van der Waals surface area (Å²) in [4.78, 5) is 30.1. The molecule has 1 aliphatic carbocycles. The van der Waals surface area contributed by atoms with E-state index < -0.39 is 0 Å². The van der Waals surface area contributed by atoms with E-state index in [9.17, 15) is 4.79 Å². The van der Waals surface area contributed by atoms with Crippen molar-refractivity contribution in [3.63, 3.8) is 0 Å². The van der Waals surface area contributed by atoms with Crippen LogP contribution in [0.15, 0.2) is 47.9 Å². The van der Waals surface area contributed by atoms with Gasteiger partial charge in [0.1, 0.15) is 12.1 Å². The minimum atomic E-state index is 0.0760. The van der Waals surface area contributed by atoms with Gasteiger partial charge in [-0.3, -0.25) is 9.36 Å². The highest BCUT2D eigenvalue weighted by atomic mass is 16.1. The maximum Gasteiger partial charge on any atom is 0.261 e. The Bertz CT molecular complexity index is 1010. The zero-order valence-electron chi connectivity index (χ0n) is 15.2. The number of hydrogen-bond donors (Lipinski definition) is 0. The van der Waals surface area contributed by atoms with Crippen LogP contribution >= 0.6 is 0 Å². The zero-order chi connectivity index (χ0) is 18.2. The quantitative estimate of drug-likeness (QED) is 0.706. The molecule has 0 radical (unpaired) electrons. The molecule has 7 heteroatoms. The van der Waals surface area contributed by atoms with Gasteiger partial charge >= 0.3 is 0 Å². The van der Waals surface area contributed by atoms with Crippen molar-refractivity contribution in [1.82, 2.24) is 19.5 Å². The number of hydrogen-bond acceptors (Lipinski definition) is 6. The molecule has 2 fully saturated rings. The van der Waals surface area contributed by atoms with E-state index in [2.05, 4.69) is 24.8 Å². The Morgan fingerprint density at radius 3 is 2.56 bits per heavy atom. The minimum absolute atomic E-state index is 0.0760. The Balaban J connectivity index is 1.34. The van der Waals surface area contributed by atoms with E-state index in [4.69, 9.17) is 0 Å². The van der Waals surface area contributed by atoms with Gasteiger partial charge in [-0.2, -0.15) is 0 Å². The van der Waals surface area contributed by atoms with Crippen LogP contribution in [0.4, 0.5) is 11.5 Å². The van der Waals surface area contributed by atoms with E-state index in [0.717, 1.165) is 49.7 Å². The zero-order valence-corrected chi connectivity index (χ0v) is 15.2. The maximum atomic E-state index is 12.7. The minimum Gasteiger partial charge on any atom is -0.368 e.